The molecule has 0 N–H and O–H groups in total. The van der Waals surface area contributed by atoms with Crippen molar-refractivity contribution in [1.82, 2.24) is 0 Å². The summed E-state index contributed by atoms with van der Waals surface area (Å²) in [4.78, 5) is 0. The lowest BCUT2D eigenvalue weighted by atomic mass is 10.0. The van der Waals surface area contributed by atoms with Gasteiger partial charge in [0.2, 0.25) is 0 Å². The molecule has 0 aliphatic rings. The van der Waals surface area contributed by atoms with Crippen molar-refractivity contribution in [1.29, 1.82) is 0 Å². The molecule has 482 valence electrons. The summed E-state index contributed by atoms with van der Waals surface area (Å²) >= 11 is 0. The van der Waals surface area contributed by atoms with Crippen LogP contribution in [0, 0.1) is 0 Å². The summed E-state index contributed by atoms with van der Waals surface area (Å²) in [5.74, 6) is 0. The van der Waals surface area contributed by atoms with Crippen LogP contribution in [0.4, 0.5) is 0 Å². The first kappa shape index (κ1) is 80.0. The Morgan fingerprint density at radius 2 is 0.100 bits per heavy atom. The monoisotopic (exact) mass is 1120 g/mol. The SMILES string of the molecule is CCCCCCCCCCCCCCCCCCCCCCCCCCCCCCCCCCCCCCCCCCCCCCCCCCCCCCCCCCCCCCCCCCCCCCCCCCCCCCCC. The molecule has 0 bridgehead atoms. The highest BCUT2D eigenvalue weighted by Gasteiger charge is 2.02. The van der Waals surface area contributed by atoms with Gasteiger partial charge in [0.1, 0.15) is 0 Å². The van der Waals surface area contributed by atoms with E-state index in [1.807, 2.05) is 0 Å². The lowest BCUT2D eigenvalue weighted by Gasteiger charge is -2.05. The highest BCUT2D eigenvalue weighted by atomic mass is 14.1. The van der Waals surface area contributed by atoms with Gasteiger partial charge in [-0.25, -0.2) is 0 Å². The summed E-state index contributed by atoms with van der Waals surface area (Å²) < 4.78 is 0. The van der Waals surface area contributed by atoms with E-state index < -0.39 is 0 Å². The molecule has 0 radical (unpaired) electrons. The Labute approximate surface area is 512 Å². The smallest absolute Gasteiger partial charge is 0.0533 e. The van der Waals surface area contributed by atoms with Gasteiger partial charge in [0.05, 0.1) is 0 Å². The fourth-order valence-electron chi connectivity index (χ4n) is 13.6. The van der Waals surface area contributed by atoms with Crippen LogP contribution < -0.4 is 0 Å². The van der Waals surface area contributed by atoms with Crippen molar-refractivity contribution >= 4 is 0 Å². The van der Waals surface area contributed by atoms with Crippen LogP contribution in [0.25, 0.3) is 0 Å². The largest absolute Gasteiger partial charge is 0.0654 e. The Bertz CT molecular complexity index is 903. The zero-order valence-electron chi connectivity index (χ0n) is 57.2. The summed E-state index contributed by atoms with van der Waals surface area (Å²) in [5, 5.41) is 0. The highest BCUT2D eigenvalue weighted by Crippen LogP contribution is 2.21. The predicted octanol–water partition coefficient (Wildman–Crippen LogP) is 31.5. The van der Waals surface area contributed by atoms with Crippen LogP contribution >= 0.6 is 0 Å². The van der Waals surface area contributed by atoms with E-state index >= 15 is 0 Å². The first-order valence-electron chi connectivity index (χ1n) is 39.9. The van der Waals surface area contributed by atoms with Crippen LogP contribution in [0.1, 0.15) is 515 Å². The molecular formula is C80H162. The Morgan fingerprint density at radius 3 is 0.138 bits per heavy atom. The van der Waals surface area contributed by atoms with Crippen LogP contribution in [0.2, 0.25) is 0 Å². The van der Waals surface area contributed by atoms with Crippen LogP contribution in [-0.4, -0.2) is 0 Å². The van der Waals surface area contributed by atoms with Crippen molar-refractivity contribution in [2.75, 3.05) is 0 Å². The number of unbranched alkanes of at least 4 members (excludes halogenated alkanes) is 77. The van der Waals surface area contributed by atoms with Gasteiger partial charge < -0.3 is 0 Å². The third-order valence-corrected chi connectivity index (χ3v) is 19.5. The minimum absolute atomic E-state index is 1.37. The van der Waals surface area contributed by atoms with Crippen molar-refractivity contribution in [3.8, 4) is 0 Å². The van der Waals surface area contributed by atoms with Crippen LogP contribution in [0.3, 0.4) is 0 Å². The highest BCUT2D eigenvalue weighted by molar-refractivity contribution is 4.57. The van der Waals surface area contributed by atoms with Gasteiger partial charge in [0, 0.05) is 0 Å². The molecule has 80 heavy (non-hydrogen) atoms. The van der Waals surface area contributed by atoms with Gasteiger partial charge in [-0.2, -0.15) is 0 Å². The van der Waals surface area contributed by atoms with Gasteiger partial charge in [-0.05, 0) is 0 Å². The lowest BCUT2D eigenvalue weighted by Crippen LogP contribution is -1.85. The number of hydrogen-bond donors (Lipinski definition) is 0. The molecule has 0 fully saturated rings. The Kier molecular flexibility index (Phi) is 79.0. The maximum absolute atomic E-state index is 2.32. The first-order chi connectivity index (χ1) is 39.9. The molecule has 0 nitrogen and oxygen atoms in total. The fourth-order valence-corrected chi connectivity index (χ4v) is 13.6. The second-order valence-corrected chi connectivity index (χ2v) is 27.9. The van der Waals surface area contributed by atoms with Gasteiger partial charge in [0.15, 0.2) is 0 Å². The first-order valence-corrected chi connectivity index (χ1v) is 39.9. The molecule has 0 spiro atoms. The van der Waals surface area contributed by atoms with Crippen LogP contribution in [0.5, 0.6) is 0 Å². The molecule has 0 aliphatic carbocycles. The summed E-state index contributed by atoms with van der Waals surface area (Å²) in [7, 11) is 0. The number of rotatable bonds is 77. The third-order valence-electron chi connectivity index (χ3n) is 19.5. The summed E-state index contributed by atoms with van der Waals surface area (Å²) in [5.41, 5.74) is 0. The molecule has 0 unspecified atom stereocenters. The van der Waals surface area contributed by atoms with E-state index in [2.05, 4.69) is 13.8 Å². The summed E-state index contributed by atoms with van der Waals surface area (Å²) in [6.45, 7) is 4.63. The van der Waals surface area contributed by atoms with E-state index in [1.165, 1.54) is 501 Å². The topological polar surface area (TPSA) is 0 Å². The van der Waals surface area contributed by atoms with E-state index in [0.717, 1.165) is 0 Å². The van der Waals surface area contributed by atoms with Crippen LogP contribution in [-0.2, 0) is 0 Å². The van der Waals surface area contributed by atoms with Gasteiger partial charge in [-0.1, -0.05) is 515 Å². The Morgan fingerprint density at radius 1 is 0.0625 bits per heavy atom. The molecule has 0 aromatic heterocycles. The normalized spacial score (nSPS) is 11.8. The van der Waals surface area contributed by atoms with E-state index in [9.17, 15) is 0 Å². The Balaban J connectivity index is 3.08. The molecule has 0 aromatic rings. The van der Waals surface area contributed by atoms with Gasteiger partial charge in [0.25, 0.3) is 0 Å². The second-order valence-electron chi connectivity index (χ2n) is 27.9. The average Bonchev–Trinajstić information content (AvgIpc) is 3.47. The van der Waals surface area contributed by atoms with E-state index in [-0.39, 0.29) is 0 Å². The zero-order valence-corrected chi connectivity index (χ0v) is 57.2. The molecular weight excluding hydrogens is 961 g/mol. The van der Waals surface area contributed by atoms with Gasteiger partial charge in [-0.15, -0.1) is 0 Å². The van der Waals surface area contributed by atoms with Crippen molar-refractivity contribution in [2.45, 2.75) is 515 Å². The van der Waals surface area contributed by atoms with Gasteiger partial charge in [-0.3, -0.25) is 0 Å². The zero-order chi connectivity index (χ0) is 57.2. The minimum Gasteiger partial charge on any atom is -0.0654 e. The molecule has 0 aliphatic heterocycles. The molecule has 0 heterocycles. The molecule has 0 amide bonds. The molecule has 0 heteroatoms. The molecule has 0 saturated heterocycles. The van der Waals surface area contributed by atoms with Crippen LogP contribution in [0.15, 0.2) is 0 Å². The fraction of sp³-hybridized carbons (Fsp3) is 1.00. The summed E-state index contributed by atoms with van der Waals surface area (Å²) in [6.07, 6.45) is 116. The molecule has 0 rings (SSSR count). The lowest BCUT2D eigenvalue weighted by molar-refractivity contribution is 0.506. The maximum Gasteiger partial charge on any atom is -0.0533 e. The average molecular weight is 1120 g/mol. The van der Waals surface area contributed by atoms with Crippen molar-refractivity contribution in [2.24, 2.45) is 0 Å². The Hall–Kier alpha value is 0. The van der Waals surface area contributed by atoms with Crippen molar-refractivity contribution in [3.63, 3.8) is 0 Å². The van der Waals surface area contributed by atoms with Gasteiger partial charge >= 0.3 is 0 Å². The third kappa shape index (κ3) is 78.0. The van der Waals surface area contributed by atoms with E-state index in [0.29, 0.717) is 0 Å². The molecule has 0 atom stereocenters. The molecule has 0 saturated carbocycles. The summed E-state index contributed by atoms with van der Waals surface area (Å²) in [6, 6.07) is 0. The van der Waals surface area contributed by atoms with Crippen molar-refractivity contribution < 1.29 is 0 Å². The maximum atomic E-state index is 2.32. The van der Waals surface area contributed by atoms with Crippen molar-refractivity contribution in [3.05, 3.63) is 0 Å². The predicted molar refractivity (Wildman–Crippen MR) is 371 cm³/mol. The van der Waals surface area contributed by atoms with E-state index in [1.54, 1.807) is 0 Å². The standard InChI is InChI=1S/C80H162/c1-3-5-7-9-11-13-15-17-19-21-23-25-27-29-31-33-35-37-39-41-43-45-47-49-51-53-55-57-59-61-63-65-67-69-71-73-75-77-79-80-78-76-74-72-70-68-66-64-62-60-58-56-54-52-50-48-46-44-42-40-38-36-34-32-30-28-26-24-22-20-18-16-14-12-10-8-6-4-2/h3-80H2,1-2H3. The second kappa shape index (κ2) is 79.0. The minimum atomic E-state index is 1.37. The quantitative estimate of drug-likeness (QED) is 0.0533. The number of hydrogen-bond acceptors (Lipinski definition) is 0. The van der Waals surface area contributed by atoms with E-state index in [4.69, 9.17) is 0 Å². The molecule has 0 aromatic carbocycles.